The molecule has 0 amide bonds. The Morgan fingerprint density at radius 1 is 1.43 bits per heavy atom. The number of carbonyl (C=O) groups excluding carboxylic acids is 1. The van der Waals surface area contributed by atoms with E-state index in [0.717, 1.165) is 3.57 Å². The highest BCUT2D eigenvalue weighted by Gasteiger charge is 2.19. The molecule has 0 aliphatic carbocycles. The Kier molecular flexibility index (Phi) is 5.46. The molecule has 0 spiro atoms. The molecule has 0 atom stereocenters. The van der Waals surface area contributed by atoms with Gasteiger partial charge in [-0.05, 0) is 53.8 Å². The van der Waals surface area contributed by atoms with Crippen molar-refractivity contribution in [3.8, 4) is 0 Å². The molecule has 4 nitrogen and oxygen atoms in total. The molecule has 0 radical (unpaired) electrons. The second-order valence-electron chi connectivity index (χ2n) is 5.12. The molecule has 122 valence electrons. The Morgan fingerprint density at radius 3 is 2.70 bits per heavy atom. The molecule has 3 N–H and O–H groups in total. The fraction of sp³-hybridized carbons (Fsp3) is 0.235. The first kappa shape index (κ1) is 17.5. The van der Waals surface area contributed by atoms with Gasteiger partial charge in [0.15, 0.2) is 5.78 Å². The molecule has 0 unspecified atom stereocenters. The van der Waals surface area contributed by atoms with Crippen LogP contribution >= 0.6 is 22.6 Å². The molecular formula is C17H19FIN3O. The van der Waals surface area contributed by atoms with Gasteiger partial charge >= 0.3 is 0 Å². The minimum absolute atomic E-state index is 0.00813. The van der Waals surface area contributed by atoms with Crippen LogP contribution in [0, 0.1) is 9.39 Å². The largest absolute Gasteiger partial charge is 0.398 e. The van der Waals surface area contributed by atoms with Gasteiger partial charge in [0, 0.05) is 28.3 Å². The maximum atomic E-state index is 14.1. The zero-order valence-electron chi connectivity index (χ0n) is 13.3. The molecule has 23 heavy (non-hydrogen) atoms. The third-order valence-corrected chi connectivity index (χ3v) is 4.32. The number of nitrogens with two attached hydrogens (primary N) is 1. The number of carbonyl (C=O) groups is 1. The molecule has 0 fully saturated rings. The number of anilines is 2. The van der Waals surface area contributed by atoms with Crippen molar-refractivity contribution in [3.05, 3.63) is 51.0 Å². The number of allylic oxidation sites excluding steroid dienone is 1. The number of halogens is 2. The third kappa shape index (κ3) is 3.57. The predicted molar refractivity (Wildman–Crippen MR) is 100 cm³/mol. The molecule has 0 aliphatic heterocycles. The number of hydrogen-bond acceptors (Lipinski definition) is 3. The third-order valence-electron chi connectivity index (χ3n) is 3.65. The summed E-state index contributed by atoms with van der Waals surface area (Å²) in [5, 5.41) is 3.06. The van der Waals surface area contributed by atoms with Crippen LogP contribution in [0.15, 0.2) is 30.3 Å². The van der Waals surface area contributed by atoms with Crippen LogP contribution in [0.1, 0.15) is 36.3 Å². The molecular weight excluding hydrogens is 408 g/mol. The summed E-state index contributed by atoms with van der Waals surface area (Å²) in [5.74, 6) is 0.248. The summed E-state index contributed by atoms with van der Waals surface area (Å²) in [6, 6.07) is 6.67. The van der Waals surface area contributed by atoms with Crippen molar-refractivity contribution < 1.29 is 9.18 Å². The van der Waals surface area contributed by atoms with E-state index in [1.807, 2.05) is 13.0 Å². The van der Waals surface area contributed by atoms with Crippen molar-refractivity contribution in [2.45, 2.75) is 20.3 Å². The highest BCUT2D eigenvalue weighted by atomic mass is 127. The van der Waals surface area contributed by atoms with Crippen molar-refractivity contribution in [2.24, 2.45) is 12.8 Å². The van der Waals surface area contributed by atoms with Gasteiger partial charge in [0.2, 0.25) is 0 Å². The summed E-state index contributed by atoms with van der Waals surface area (Å²) in [6.45, 7) is 3.62. The Morgan fingerprint density at radius 2 is 2.13 bits per heavy atom. The lowest BCUT2D eigenvalue weighted by molar-refractivity contribution is 0.0980. The van der Waals surface area contributed by atoms with Gasteiger partial charge in [0.25, 0.3) is 0 Å². The van der Waals surface area contributed by atoms with Gasteiger partial charge in [0.05, 0.1) is 11.4 Å². The quantitative estimate of drug-likeness (QED) is 0.549. The number of benzene rings is 1. The van der Waals surface area contributed by atoms with Crippen molar-refractivity contribution in [1.82, 2.24) is 4.57 Å². The van der Waals surface area contributed by atoms with Crippen LogP contribution in [0.5, 0.6) is 0 Å². The number of hydrogen-bond donors (Lipinski definition) is 2. The maximum Gasteiger partial charge on any atom is 0.179 e. The van der Waals surface area contributed by atoms with Gasteiger partial charge in [-0.2, -0.15) is 0 Å². The number of rotatable bonds is 5. The lowest BCUT2D eigenvalue weighted by Gasteiger charge is -2.13. The molecule has 1 heterocycles. The predicted octanol–water partition coefficient (Wildman–Crippen LogP) is 4.42. The Balaban J connectivity index is 2.55. The fourth-order valence-corrected chi connectivity index (χ4v) is 2.75. The number of nitrogens with one attached hydrogen (secondary N) is 1. The first-order valence-electron chi connectivity index (χ1n) is 7.26. The number of nitrogens with zero attached hydrogens (tertiary/aromatic N) is 1. The highest BCUT2D eigenvalue weighted by Crippen LogP contribution is 2.30. The van der Waals surface area contributed by atoms with E-state index < -0.39 is 0 Å². The first-order valence-corrected chi connectivity index (χ1v) is 8.34. The van der Waals surface area contributed by atoms with E-state index in [0.29, 0.717) is 34.9 Å². The Labute approximate surface area is 148 Å². The molecule has 0 saturated carbocycles. The lowest BCUT2D eigenvalue weighted by atomic mass is 10.1. The molecule has 6 heteroatoms. The highest BCUT2D eigenvalue weighted by molar-refractivity contribution is 14.1. The van der Waals surface area contributed by atoms with E-state index >= 15 is 0 Å². The molecule has 0 aliphatic rings. The van der Waals surface area contributed by atoms with Crippen LogP contribution < -0.4 is 11.1 Å². The van der Waals surface area contributed by atoms with Crippen LogP contribution in [0.4, 0.5) is 15.9 Å². The number of ketones is 1. The van der Waals surface area contributed by atoms with Crippen LogP contribution in [-0.4, -0.2) is 10.4 Å². The first-order chi connectivity index (χ1) is 10.9. The Bertz CT molecular complexity index is 780. The van der Waals surface area contributed by atoms with Crippen molar-refractivity contribution in [2.75, 3.05) is 5.32 Å². The van der Waals surface area contributed by atoms with Crippen molar-refractivity contribution in [1.29, 1.82) is 0 Å². The molecule has 2 aromatic rings. The lowest BCUT2D eigenvalue weighted by Crippen LogP contribution is -2.08. The number of Topliss-reactive ketones (excluding diaryl/α,β-unsaturated/α-hetero) is 1. The zero-order valence-corrected chi connectivity index (χ0v) is 15.4. The zero-order chi connectivity index (χ0) is 17.1. The van der Waals surface area contributed by atoms with E-state index in [4.69, 9.17) is 5.73 Å². The van der Waals surface area contributed by atoms with Gasteiger partial charge < -0.3 is 15.6 Å². The smallest absolute Gasteiger partial charge is 0.179 e. The van der Waals surface area contributed by atoms with Gasteiger partial charge in [-0.25, -0.2) is 4.39 Å². The van der Waals surface area contributed by atoms with E-state index in [9.17, 15) is 9.18 Å². The second-order valence-corrected chi connectivity index (χ2v) is 6.37. The van der Waals surface area contributed by atoms with Crippen LogP contribution in [0.3, 0.4) is 0 Å². The minimum atomic E-state index is -0.355. The monoisotopic (exact) mass is 427 g/mol. The SMILES string of the molecule is C/C=C(/N)c1cc(C(=O)CC)n(C)c1Nc1ccc(I)cc1F. The summed E-state index contributed by atoms with van der Waals surface area (Å²) < 4.78 is 16.7. The summed E-state index contributed by atoms with van der Waals surface area (Å²) in [7, 11) is 1.77. The average molecular weight is 427 g/mol. The number of aromatic nitrogens is 1. The second kappa shape index (κ2) is 7.16. The van der Waals surface area contributed by atoms with Gasteiger partial charge in [0.1, 0.15) is 11.6 Å². The molecule has 0 saturated heterocycles. The van der Waals surface area contributed by atoms with Gasteiger partial charge in [-0.15, -0.1) is 0 Å². The van der Waals surface area contributed by atoms with E-state index in [2.05, 4.69) is 27.9 Å². The average Bonchev–Trinajstić information content (AvgIpc) is 2.85. The van der Waals surface area contributed by atoms with E-state index in [1.54, 1.807) is 36.7 Å². The molecule has 0 bridgehead atoms. The molecule has 2 rings (SSSR count). The van der Waals surface area contributed by atoms with Gasteiger partial charge in [-0.1, -0.05) is 13.0 Å². The summed E-state index contributed by atoms with van der Waals surface area (Å²) in [5.41, 5.74) is 8.14. The standard InChI is InChI=1S/C17H19FIN3O/c1-4-13(20)11-9-15(16(23)5-2)22(3)17(11)21-14-7-6-10(19)8-12(14)18/h4,6-9,21H,5,20H2,1-3H3/b13-4+. The van der Waals surface area contributed by atoms with Crippen LogP contribution in [0.2, 0.25) is 0 Å². The van der Waals surface area contributed by atoms with Gasteiger partial charge in [-0.3, -0.25) is 4.79 Å². The Hall–Kier alpha value is -1.83. The van der Waals surface area contributed by atoms with E-state index in [-0.39, 0.29) is 11.6 Å². The van der Waals surface area contributed by atoms with Crippen molar-refractivity contribution >= 4 is 45.6 Å². The summed E-state index contributed by atoms with van der Waals surface area (Å²) in [4.78, 5) is 12.1. The van der Waals surface area contributed by atoms with Crippen molar-refractivity contribution in [3.63, 3.8) is 0 Å². The topological polar surface area (TPSA) is 60.1 Å². The minimum Gasteiger partial charge on any atom is -0.398 e. The summed E-state index contributed by atoms with van der Waals surface area (Å²) >= 11 is 2.05. The molecule has 1 aromatic carbocycles. The normalized spacial score (nSPS) is 11.6. The maximum absolute atomic E-state index is 14.1. The fourth-order valence-electron chi connectivity index (χ4n) is 2.30. The van der Waals surface area contributed by atoms with E-state index in [1.165, 1.54) is 6.07 Å². The van der Waals surface area contributed by atoms with Crippen LogP contribution in [-0.2, 0) is 7.05 Å². The van der Waals surface area contributed by atoms with Crippen LogP contribution in [0.25, 0.3) is 5.70 Å². The summed E-state index contributed by atoms with van der Waals surface area (Å²) in [6.07, 6.45) is 2.15. The molecule has 1 aromatic heterocycles.